The largest absolute Gasteiger partial charge is 0.365 e. The summed E-state index contributed by atoms with van der Waals surface area (Å²) in [6, 6.07) is -0.230. The van der Waals surface area contributed by atoms with Gasteiger partial charge >= 0.3 is 6.03 Å². The zero-order valence-electron chi connectivity index (χ0n) is 12.9. The van der Waals surface area contributed by atoms with E-state index in [0.717, 1.165) is 30.8 Å². The van der Waals surface area contributed by atoms with Gasteiger partial charge < -0.3 is 10.6 Å². The lowest BCUT2D eigenvalue weighted by atomic mass is 10.1. The molecule has 0 aliphatic rings. The molecule has 1 heterocycles. The number of nitrogens with two attached hydrogens (primary N) is 1. The molecule has 1 aromatic heterocycles. The predicted octanol–water partition coefficient (Wildman–Crippen LogP) is 2.85. The summed E-state index contributed by atoms with van der Waals surface area (Å²) in [4.78, 5) is 25.4. The van der Waals surface area contributed by atoms with Gasteiger partial charge in [-0.1, -0.05) is 19.8 Å². The minimum atomic E-state index is -0.537. The van der Waals surface area contributed by atoms with Crippen molar-refractivity contribution in [3.63, 3.8) is 0 Å². The molecule has 6 nitrogen and oxygen atoms in total. The molecule has 3 amide bonds. The number of carbonyl (C=O) groups excluding carboxylic acids is 2. The van der Waals surface area contributed by atoms with Crippen molar-refractivity contribution in [3.8, 4) is 0 Å². The van der Waals surface area contributed by atoms with Crippen molar-refractivity contribution in [1.29, 1.82) is 0 Å². The maximum Gasteiger partial charge on any atom is 0.322 e. The summed E-state index contributed by atoms with van der Waals surface area (Å²) in [6.07, 6.45) is 3.85. The minimum absolute atomic E-state index is 0.230. The fraction of sp³-hybridized carbons (Fsp3) is 0.643. The van der Waals surface area contributed by atoms with Gasteiger partial charge in [0.05, 0.1) is 11.3 Å². The van der Waals surface area contributed by atoms with Crippen LogP contribution in [0.4, 0.5) is 9.80 Å². The highest BCUT2D eigenvalue weighted by Crippen LogP contribution is 2.26. The van der Waals surface area contributed by atoms with E-state index < -0.39 is 5.91 Å². The van der Waals surface area contributed by atoms with Crippen LogP contribution in [0.15, 0.2) is 0 Å². The summed E-state index contributed by atoms with van der Waals surface area (Å²) in [6.45, 7) is 7.14. The van der Waals surface area contributed by atoms with E-state index in [1.54, 1.807) is 4.90 Å². The fourth-order valence-electron chi connectivity index (χ4n) is 2.06. The van der Waals surface area contributed by atoms with Crippen LogP contribution in [0.5, 0.6) is 0 Å². The van der Waals surface area contributed by atoms with Crippen LogP contribution < -0.4 is 11.1 Å². The molecule has 0 saturated carbocycles. The third-order valence-electron chi connectivity index (χ3n) is 3.30. The number of urea groups is 1. The van der Waals surface area contributed by atoms with Gasteiger partial charge in [-0.2, -0.15) is 4.37 Å². The van der Waals surface area contributed by atoms with Crippen molar-refractivity contribution in [1.82, 2.24) is 9.27 Å². The molecule has 0 atom stereocenters. The SMILES string of the molecule is CCCCCc1nsc(NC(=O)N(CC)CC)c1C(N)=O. The first-order chi connectivity index (χ1) is 10.0. The molecule has 0 spiro atoms. The molecule has 21 heavy (non-hydrogen) atoms. The number of hydrogen-bond donors (Lipinski definition) is 2. The van der Waals surface area contributed by atoms with Crippen LogP contribution in [0.2, 0.25) is 0 Å². The number of aromatic nitrogens is 1. The second-order valence-electron chi connectivity index (χ2n) is 4.76. The molecule has 3 N–H and O–H groups in total. The highest BCUT2D eigenvalue weighted by atomic mass is 32.1. The monoisotopic (exact) mass is 312 g/mol. The molecular formula is C14H24N4O2S. The molecule has 1 aromatic rings. The van der Waals surface area contributed by atoms with Gasteiger partial charge in [-0.3, -0.25) is 10.1 Å². The van der Waals surface area contributed by atoms with Crippen molar-refractivity contribution in [2.24, 2.45) is 5.73 Å². The zero-order chi connectivity index (χ0) is 15.8. The normalized spacial score (nSPS) is 10.4. The molecule has 0 saturated heterocycles. The topological polar surface area (TPSA) is 88.3 Å². The Morgan fingerprint density at radius 3 is 2.43 bits per heavy atom. The third-order valence-corrected chi connectivity index (χ3v) is 4.10. The van der Waals surface area contributed by atoms with E-state index in [2.05, 4.69) is 16.6 Å². The van der Waals surface area contributed by atoms with Crippen molar-refractivity contribution < 1.29 is 9.59 Å². The molecular weight excluding hydrogens is 288 g/mol. The number of hydrogen-bond acceptors (Lipinski definition) is 4. The van der Waals surface area contributed by atoms with E-state index in [1.807, 2.05) is 13.8 Å². The summed E-state index contributed by atoms with van der Waals surface area (Å²) < 4.78 is 4.28. The van der Waals surface area contributed by atoms with Gasteiger partial charge in [-0.15, -0.1) is 0 Å². The number of nitrogens with zero attached hydrogens (tertiary/aromatic N) is 2. The quantitative estimate of drug-likeness (QED) is 0.723. The Balaban J connectivity index is 2.87. The number of anilines is 1. The molecule has 118 valence electrons. The lowest BCUT2D eigenvalue weighted by molar-refractivity contribution is 0.100. The van der Waals surface area contributed by atoms with E-state index in [9.17, 15) is 9.59 Å². The van der Waals surface area contributed by atoms with Crippen LogP contribution >= 0.6 is 11.5 Å². The Morgan fingerprint density at radius 1 is 1.24 bits per heavy atom. The highest BCUT2D eigenvalue weighted by Gasteiger charge is 2.21. The van der Waals surface area contributed by atoms with Gasteiger partial charge in [0.2, 0.25) is 0 Å². The van der Waals surface area contributed by atoms with Crippen molar-refractivity contribution in [2.45, 2.75) is 46.5 Å². The van der Waals surface area contributed by atoms with Gasteiger partial charge in [0.25, 0.3) is 5.91 Å². The van der Waals surface area contributed by atoms with Crippen molar-refractivity contribution >= 4 is 28.5 Å². The summed E-state index contributed by atoms with van der Waals surface area (Å²) in [5.74, 6) is -0.537. The van der Waals surface area contributed by atoms with Gasteiger partial charge in [0.15, 0.2) is 0 Å². The second kappa shape index (κ2) is 8.61. The third kappa shape index (κ3) is 4.70. The van der Waals surface area contributed by atoms with Crippen LogP contribution in [0, 0.1) is 0 Å². The number of aryl methyl sites for hydroxylation is 1. The van der Waals surface area contributed by atoms with Crippen molar-refractivity contribution in [3.05, 3.63) is 11.3 Å². The second-order valence-corrected chi connectivity index (χ2v) is 5.53. The molecule has 0 fully saturated rings. The molecule has 1 rings (SSSR count). The minimum Gasteiger partial charge on any atom is -0.365 e. The lowest BCUT2D eigenvalue weighted by Gasteiger charge is -2.18. The Bertz CT molecular complexity index is 483. The van der Waals surface area contributed by atoms with Crippen molar-refractivity contribution in [2.75, 3.05) is 18.4 Å². The number of primary amides is 1. The molecule has 0 aliphatic heterocycles. The Kier molecular flexibility index (Phi) is 7.14. The van der Waals surface area contributed by atoms with Gasteiger partial charge in [0, 0.05) is 13.1 Å². The number of amides is 3. The van der Waals surface area contributed by atoms with E-state index in [-0.39, 0.29) is 6.03 Å². The number of rotatable bonds is 8. The number of carbonyl (C=O) groups is 2. The molecule has 7 heteroatoms. The molecule has 0 unspecified atom stereocenters. The standard InChI is InChI=1S/C14H24N4O2S/c1-4-7-8-9-10-11(12(15)19)13(21-17-10)16-14(20)18(5-2)6-3/h4-9H2,1-3H3,(H2,15,19)(H,16,20). The predicted molar refractivity (Wildman–Crippen MR) is 85.8 cm³/mol. The Morgan fingerprint density at radius 2 is 1.90 bits per heavy atom. The van der Waals surface area contributed by atoms with Gasteiger partial charge in [-0.25, -0.2) is 4.79 Å². The summed E-state index contributed by atoms with van der Waals surface area (Å²) in [7, 11) is 0. The van der Waals surface area contributed by atoms with Crippen LogP contribution in [0.25, 0.3) is 0 Å². The maximum atomic E-state index is 12.1. The lowest BCUT2D eigenvalue weighted by Crippen LogP contribution is -2.34. The van der Waals surface area contributed by atoms with Crippen LogP contribution in [-0.2, 0) is 6.42 Å². The smallest absolute Gasteiger partial charge is 0.322 e. The average molecular weight is 312 g/mol. The first-order valence-corrected chi connectivity index (χ1v) is 8.16. The van der Waals surface area contributed by atoms with E-state index in [4.69, 9.17) is 5.73 Å². The number of unbranched alkanes of at least 4 members (excludes halogenated alkanes) is 2. The van der Waals surface area contributed by atoms with Crippen LogP contribution in [0.3, 0.4) is 0 Å². The molecule has 0 aromatic carbocycles. The Labute approximate surface area is 129 Å². The molecule has 0 radical (unpaired) electrons. The van der Waals surface area contributed by atoms with E-state index in [0.29, 0.717) is 35.8 Å². The first kappa shape index (κ1) is 17.4. The Hall–Kier alpha value is -1.63. The van der Waals surface area contributed by atoms with E-state index >= 15 is 0 Å². The molecule has 0 bridgehead atoms. The first-order valence-electron chi connectivity index (χ1n) is 7.39. The summed E-state index contributed by atoms with van der Waals surface area (Å²) in [5.41, 5.74) is 6.49. The van der Waals surface area contributed by atoms with Crippen LogP contribution in [-0.4, -0.2) is 34.3 Å². The maximum absolute atomic E-state index is 12.1. The van der Waals surface area contributed by atoms with E-state index in [1.165, 1.54) is 0 Å². The fourth-order valence-corrected chi connectivity index (χ4v) is 2.89. The highest BCUT2D eigenvalue weighted by molar-refractivity contribution is 7.11. The number of nitrogens with one attached hydrogen (secondary N) is 1. The summed E-state index contributed by atoms with van der Waals surface area (Å²) in [5, 5.41) is 3.20. The average Bonchev–Trinajstić information content (AvgIpc) is 2.83. The van der Waals surface area contributed by atoms with Gasteiger partial charge in [0.1, 0.15) is 5.00 Å². The molecule has 0 aliphatic carbocycles. The zero-order valence-corrected chi connectivity index (χ0v) is 13.8. The van der Waals surface area contributed by atoms with Gasteiger partial charge in [-0.05, 0) is 38.2 Å². The van der Waals surface area contributed by atoms with Crippen LogP contribution in [0.1, 0.15) is 56.1 Å². The summed E-state index contributed by atoms with van der Waals surface area (Å²) >= 11 is 1.12.